The van der Waals surface area contributed by atoms with Crippen molar-refractivity contribution in [3.05, 3.63) is 35.4 Å². The van der Waals surface area contributed by atoms with Crippen LogP contribution in [0.3, 0.4) is 0 Å². The lowest BCUT2D eigenvalue weighted by atomic mass is 9.79. The van der Waals surface area contributed by atoms with E-state index in [0.29, 0.717) is 10.5 Å². The Labute approximate surface area is 103 Å². The van der Waals surface area contributed by atoms with E-state index in [1.807, 2.05) is 24.5 Å². The number of rotatable bonds is 2. The molecule has 82 valence electrons. The lowest BCUT2D eigenvalue weighted by Gasteiger charge is -2.09. The van der Waals surface area contributed by atoms with Gasteiger partial charge in [0, 0.05) is 9.92 Å². The highest BCUT2D eigenvalue weighted by Crippen LogP contribution is 2.23. The van der Waals surface area contributed by atoms with Gasteiger partial charge in [0.25, 0.3) is 0 Å². The van der Waals surface area contributed by atoms with Crippen molar-refractivity contribution in [1.29, 1.82) is 0 Å². The van der Waals surface area contributed by atoms with Gasteiger partial charge in [-0.15, -0.1) is 11.8 Å². The summed E-state index contributed by atoms with van der Waals surface area (Å²) in [6, 6.07) is 9.22. The summed E-state index contributed by atoms with van der Waals surface area (Å²) < 4.78 is 0. The van der Waals surface area contributed by atoms with E-state index in [2.05, 4.69) is 0 Å². The van der Waals surface area contributed by atoms with Crippen molar-refractivity contribution in [2.45, 2.75) is 4.90 Å². The van der Waals surface area contributed by atoms with E-state index in [1.54, 1.807) is 12.1 Å². The average Bonchev–Trinajstić information content (AvgIpc) is 2.26. The van der Waals surface area contributed by atoms with E-state index in [9.17, 15) is 10.0 Å². The zero-order chi connectivity index (χ0) is 11.7. The number of halogens is 1. The predicted octanol–water partition coefficient (Wildman–Crippen LogP) is 1.89. The van der Waals surface area contributed by atoms with Crippen LogP contribution in [0.2, 0.25) is 5.02 Å². The van der Waals surface area contributed by atoms with Gasteiger partial charge in [0.1, 0.15) is 0 Å². The van der Waals surface area contributed by atoms with Crippen molar-refractivity contribution in [2.24, 2.45) is 0 Å². The van der Waals surface area contributed by atoms with E-state index >= 15 is 0 Å². The van der Waals surface area contributed by atoms with Gasteiger partial charge in [-0.25, -0.2) is 0 Å². The third-order valence-corrected chi connectivity index (χ3v) is 3.46. The molecule has 0 saturated heterocycles. The predicted molar refractivity (Wildman–Crippen MR) is 70.6 cm³/mol. The van der Waals surface area contributed by atoms with Crippen LogP contribution in [0.5, 0.6) is 0 Å². The van der Waals surface area contributed by atoms with E-state index < -0.39 is 7.12 Å². The van der Waals surface area contributed by atoms with Crippen LogP contribution in [0.25, 0.3) is 10.8 Å². The molecule has 0 aliphatic heterocycles. The summed E-state index contributed by atoms with van der Waals surface area (Å²) >= 11 is 7.39. The Kier molecular flexibility index (Phi) is 3.45. The molecule has 2 aromatic carbocycles. The molecule has 0 unspecified atom stereocenters. The van der Waals surface area contributed by atoms with Crippen molar-refractivity contribution < 1.29 is 10.0 Å². The maximum atomic E-state index is 9.27. The smallest absolute Gasteiger partial charge is 0.423 e. The van der Waals surface area contributed by atoms with Crippen molar-refractivity contribution in [3.8, 4) is 0 Å². The third-order valence-electron chi connectivity index (χ3n) is 2.43. The van der Waals surface area contributed by atoms with Crippen LogP contribution in [0.1, 0.15) is 0 Å². The minimum atomic E-state index is -1.44. The zero-order valence-electron chi connectivity index (χ0n) is 8.64. The second kappa shape index (κ2) is 4.68. The lowest BCUT2D eigenvalue weighted by molar-refractivity contribution is 0.425. The summed E-state index contributed by atoms with van der Waals surface area (Å²) in [7, 11) is -1.44. The second-order valence-corrected chi connectivity index (χ2v) is 4.74. The quantitative estimate of drug-likeness (QED) is 0.633. The average molecular weight is 253 g/mol. The van der Waals surface area contributed by atoms with Crippen LogP contribution in [0.4, 0.5) is 0 Å². The Balaban J connectivity index is 2.70. The molecule has 5 heteroatoms. The molecule has 2 aromatic rings. The maximum absolute atomic E-state index is 9.27. The van der Waals surface area contributed by atoms with Gasteiger partial charge in [-0.1, -0.05) is 23.7 Å². The first-order chi connectivity index (χ1) is 7.61. The summed E-state index contributed by atoms with van der Waals surface area (Å²) in [5.41, 5.74) is 0.530. The summed E-state index contributed by atoms with van der Waals surface area (Å²) in [5, 5.41) is 21.2. The fourth-order valence-electron chi connectivity index (χ4n) is 1.64. The standard InChI is InChI=1S/C11H10BClO2S/c1-16-11-6-8-4-9(13)3-2-7(8)5-10(11)12(14)15/h2-6,14-15H,1H3. The van der Waals surface area contributed by atoms with Crippen LogP contribution < -0.4 is 5.46 Å². The Morgan fingerprint density at radius 2 is 1.88 bits per heavy atom. The van der Waals surface area contributed by atoms with Crippen LogP contribution >= 0.6 is 23.4 Å². The van der Waals surface area contributed by atoms with Gasteiger partial charge in [0.2, 0.25) is 0 Å². The first kappa shape index (κ1) is 11.8. The number of hydrogen-bond donors (Lipinski definition) is 2. The van der Waals surface area contributed by atoms with Crippen LogP contribution in [-0.4, -0.2) is 23.4 Å². The van der Waals surface area contributed by atoms with E-state index in [0.717, 1.165) is 15.7 Å². The number of hydrogen-bond acceptors (Lipinski definition) is 3. The first-order valence-electron chi connectivity index (χ1n) is 4.75. The fourth-order valence-corrected chi connectivity index (χ4v) is 2.47. The molecule has 0 radical (unpaired) electrons. The van der Waals surface area contributed by atoms with Gasteiger partial charge >= 0.3 is 7.12 Å². The van der Waals surface area contributed by atoms with Gasteiger partial charge in [-0.05, 0) is 40.7 Å². The van der Waals surface area contributed by atoms with Gasteiger partial charge in [-0.3, -0.25) is 0 Å². The molecular formula is C11H10BClO2S. The number of benzene rings is 2. The largest absolute Gasteiger partial charge is 0.489 e. The molecule has 2 N–H and O–H groups in total. The summed E-state index contributed by atoms with van der Waals surface area (Å²) in [4.78, 5) is 0.852. The first-order valence-corrected chi connectivity index (χ1v) is 6.35. The van der Waals surface area contributed by atoms with E-state index in [4.69, 9.17) is 11.6 Å². The highest BCUT2D eigenvalue weighted by atomic mass is 35.5. The Morgan fingerprint density at radius 3 is 2.50 bits per heavy atom. The van der Waals surface area contributed by atoms with E-state index in [1.165, 1.54) is 11.8 Å². The normalized spacial score (nSPS) is 10.8. The van der Waals surface area contributed by atoms with Crippen molar-refractivity contribution >= 4 is 46.7 Å². The second-order valence-electron chi connectivity index (χ2n) is 3.46. The minimum absolute atomic E-state index is 0.530. The lowest BCUT2D eigenvalue weighted by Crippen LogP contribution is -2.31. The molecule has 0 aromatic heterocycles. The van der Waals surface area contributed by atoms with Gasteiger partial charge in [0.15, 0.2) is 0 Å². The fraction of sp³-hybridized carbons (Fsp3) is 0.0909. The highest BCUT2D eigenvalue weighted by Gasteiger charge is 2.16. The molecule has 0 spiro atoms. The molecule has 0 fully saturated rings. The SMILES string of the molecule is CSc1cc2cc(Cl)ccc2cc1B(O)O. The number of fused-ring (bicyclic) bond motifs is 1. The van der Waals surface area contributed by atoms with Crippen molar-refractivity contribution in [2.75, 3.05) is 6.26 Å². The maximum Gasteiger partial charge on any atom is 0.489 e. The molecule has 2 rings (SSSR count). The molecule has 0 atom stereocenters. The minimum Gasteiger partial charge on any atom is -0.423 e. The van der Waals surface area contributed by atoms with Gasteiger partial charge < -0.3 is 10.0 Å². The van der Waals surface area contributed by atoms with Crippen molar-refractivity contribution in [1.82, 2.24) is 0 Å². The molecule has 0 bridgehead atoms. The molecule has 0 heterocycles. The summed E-state index contributed by atoms with van der Waals surface area (Å²) in [5.74, 6) is 0. The van der Waals surface area contributed by atoms with Gasteiger partial charge in [0.05, 0.1) is 0 Å². The molecule has 0 saturated carbocycles. The van der Waals surface area contributed by atoms with Crippen LogP contribution in [0, 0.1) is 0 Å². The zero-order valence-corrected chi connectivity index (χ0v) is 10.2. The molecular weight excluding hydrogens is 242 g/mol. The molecule has 0 aliphatic rings. The molecule has 2 nitrogen and oxygen atoms in total. The molecule has 0 amide bonds. The van der Waals surface area contributed by atoms with E-state index in [-0.39, 0.29) is 0 Å². The Morgan fingerprint density at radius 1 is 1.12 bits per heavy atom. The molecule has 16 heavy (non-hydrogen) atoms. The molecule has 0 aliphatic carbocycles. The Hall–Kier alpha value is -0.675. The monoisotopic (exact) mass is 252 g/mol. The third kappa shape index (κ3) is 2.20. The summed E-state index contributed by atoms with van der Waals surface area (Å²) in [6.45, 7) is 0. The Bertz CT molecular complexity index is 531. The van der Waals surface area contributed by atoms with Crippen LogP contribution in [-0.2, 0) is 0 Å². The van der Waals surface area contributed by atoms with Crippen LogP contribution in [0.15, 0.2) is 35.2 Å². The number of thioether (sulfide) groups is 1. The topological polar surface area (TPSA) is 40.5 Å². The van der Waals surface area contributed by atoms with Gasteiger partial charge in [-0.2, -0.15) is 0 Å². The summed E-state index contributed by atoms with van der Waals surface area (Å²) in [6.07, 6.45) is 1.90. The van der Waals surface area contributed by atoms with Crippen molar-refractivity contribution in [3.63, 3.8) is 0 Å². The highest BCUT2D eigenvalue weighted by molar-refractivity contribution is 7.98.